The number of rotatable bonds is 5. The molecule has 34 heavy (non-hydrogen) atoms. The monoisotopic (exact) mass is 464 g/mol. The second kappa shape index (κ2) is 7.93. The van der Waals surface area contributed by atoms with Gasteiger partial charge < -0.3 is 19.9 Å². The molecule has 3 aromatic rings. The number of likely N-dealkylation sites (tertiary alicyclic amines) is 1. The Morgan fingerprint density at radius 2 is 2.06 bits per heavy atom. The Labute approximate surface area is 195 Å². The number of carbonyl (C=O) groups excluding carboxylic acids is 3. The first-order chi connectivity index (χ1) is 16.2. The molecular formula is C25H25FN4O4. The topological polar surface area (TPSA) is 104 Å². The number of methoxy groups -OCH3 is 1. The van der Waals surface area contributed by atoms with Gasteiger partial charge in [-0.15, -0.1) is 0 Å². The first-order valence-corrected chi connectivity index (χ1v) is 11.1. The van der Waals surface area contributed by atoms with Gasteiger partial charge in [-0.3, -0.25) is 14.6 Å². The molecule has 2 amide bonds. The minimum atomic E-state index is -1.05. The van der Waals surface area contributed by atoms with Crippen molar-refractivity contribution in [1.29, 1.82) is 0 Å². The molecule has 2 aromatic heterocycles. The number of nitrogens with one attached hydrogen (secondary N) is 2. The quantitative estimate of drug-likeness (QED) is 0.565. The van der Waals surface area contributed by atoms with Crippen LogP contribution >= 0.6 is 0 Å². The number of ether oxygens (including phenoxy) is 1. The van der Waals surface area contributed by atoms with Crippen molar-refractivity contribution in [2.45, 2.75) is 25.9 Å². The van der Waals surface area contributed by atoms with Gasteiger partial charge in [-0.05, 0) is 35.4 Å². The first-order valence-electron chi connectivity index (χ1n) is 11.1. The molecule has 0 radical (unpaired) electrons. The number of esters is 1. The summed E-state index contributed by atoms with van der Waals surface area (Å²) in [6.07, 6.45) is 3.06. The molecule has 1 aliphatic carbocycles. The fourth-order valence-corrected chi connectivity index (χ4v) is 5.36. The number of H-pyrrole nitrogens is 1. The van der Waals surface area contributed by atoms with E-state index in [-0.39, 0.29) is 34.4 Å². The molecule has 1 saturated carbocycles. The predicted molar refractivity (Wildman–Crippen MR) is 121 cm³/mol. The minimum Gasteiger partial charge on any atom is -0.467 e. The standard InChI is InChI=1S/C25H25FN4O4/c1-25(2)15-12-30(23(32)17-10-13-6-4-8-16(26)19(13)28-17)21(18(15)25)22(31)29-20(24(33)34-3)14-7-5-9-27-11-14/h4-11,15,18,20-21,28H,12H2,1-3H3,(H,29,31)/t15-,18-,20?,21-/m0/s1. The van der Waals surface area contributed by atoms with Gasteiger partial charge in [-0.1, -0.05) is 32.0 Å². The van der Waals surface area contributed by atoms with Crippen molar-refractivity contribution in [1.82, 2.24) is 20.2 Å². The summed E-state index contributed by atoms with van der Waals surface area (Å²) in [5, 5.41) is 3.36. The summed E-state index contributed by atoms with van der Waals surface area (Å²) in [5.41, 5.74) is 0.837. The van der Waals surface area contributed by atoms with Crippen molar-refractivity contribution < 1.29 is 23.5 Å². The number of halogens is 1. The van der Waals surface area contributed by atoms with Gasteiger partial charge >= 0.3 is 5.97 Å². The van der Waals surface area contributed by atoms with Crippen LogP contribution in [0.2, 0.25) is 0 Å². The van der Waals surface area contributed by atoms with E-state index in [1.165, 1.54) is 24.3 Å². The third-order valence-electron chi connectivity index (χ3n) is 7.31. The number of piperidine rings is 1. The van der Waals surface area contributed by atoms with E-state index in [1.807, 2.05) is 0 Å². The largest absolute Gasteiger partial charge is 0.467 e. The van der Waals surface area contributed by atoms with E-state index in [2.05, 4.69) is 29.1 Å². The SMILES string of the molecule is COC(=O)C(NC(=O)[C@@H]1[C@@H]2[C@H](CN1C(=O)c1cc3cccc(F)c3[nH]1)C2(C)C)c1cccnc1. The highest BCUT2D eigenvalue weighted by molar-refractivity contribution is 6.01. The zero-order chi connectivity index (χ0) is 24.2. The third kappa shape index (κ3) is 3.43. The summed E-state index contributed by atoms with van der Waals surface area (Å²) in [6, 6.07) is 7.73. The molecule has 3 heterocycles. The highest BCUT2D eigenvalue weighted by Gasteiger charge is 2.69. The summed E-state index contributed by atoms with van der Waals surface area (Å²) in [4.78, 5) is 47.9. The van der Waals surface area contributed by atoms with Crippen LogP contribution in [0, 0.1) is 23.1 Å². The molecule has 8 nitrogen and oxygen atoms in total. The van der Waals surface area contributed by atoms with E-state index in [9.17, 15) is 18.8 Å². The zero-order valence-electron chi connectivity index (χ0n) is 19.0. The molecule has 9 heteroatoms. The number of para-hydroxylation sites is 1. The Morgan fingerprint density at radius 1 is 1.26 bits per heavy atom. The van der Waals surface area contributed by atoms with Crippen LogP contribution in [0.1, 0.15) is 35.9 Å². The molecule has 2 fully saturated rings. The smallest absolute Gasteiger partial charge is 0.333 e. The molecule has 2 N–H and O–H groups in total. The van der Waals surface area contributed by atoms with Crippen LogP contribution < -0.4 is 5.32 Å². The van der Waals surface area contributed by atoms with E-state index >= 15 is 0 Å². The predicted octanol–water partition coefficient (Wildman–Crippen LogP) is 2.83. The van der Waals surface area contributed by atoms with Crippen LogP contribution in [0.4, 0.5) is 4.39 Å². The Balaban J connectivity index is 1.45. The number of hydrogen-bond acceptors (Lipinski definition) is 5. The molecule has 1 aromatic carbocycles. The minimum absolute atomic E-state index is 0.0511. The summed E-state index contributed by atoms with van der Waals surface area (Å²) in [5.74, 6) is -1.79. The Hall–Kier alpha value is -3.75. The van der Waals surface area contributed by atoms with Gasteiger partial charge in [-0.25, -0.2) is 9.18 Å². The number of carbonyl (C=O) groups is 3. The molecular weight excluding hydrogens is 439 g/mol. The van der Waals surface area contributed by atoms with Crippen LogP contribution in [0.5, 0.6) is 0 Å². The van der Waals surface area contributed by atoms with E-state index in [1.54, 1.807) is 36.5 Å². The second-order valence-corrected chi connectivity index (χ2v) is 9.49. The lowest BCUT2D eigenvalue weighted by Crippen LogP contribution is -2.51. The van der Waals surface area contributed by atoms with Crippen molar-refractivity contribution in [3.8, 4) is 0 Å². The first kappa shape index (κ1) is 22.1. The summed E-state index contributed by atoms with van der Waals surface area (Å²) >= 11 is 0. The summed E-state index contributed by atoms with van der Waals surface area (Å²) in [7, 11) is 1.25. The lowest BCUT2D eigenvalue weighted by Gasteiger charge is -2.30. The Morgan fingerprint density at radius 3 is 2.74 bits per heavy atom. The highest BCUT2D eigenvalue weighted by Crippen LogP contribution is 2.65. The maximum Gasteiger partial charge on any atom is 0.333 e. The van der Waals surface area contributed by atoms with E-state index in [0.717, 1.165) is 0 Å². The number of fused-ring (bicyclic) bond motifs is 2. The van der Waals surface area contributed by atoms with Crippen LogP contribution in [-0.2, 0) is 14.3 Å². The van der Waals surface area contributed by atoms with Crippen molar-refractivity contribution in [3.05, 3.63) is 65.9 Å². The molecule has 1 unspecified atom stereocenters. The van der Waals surface area contributed by atoms with Crippen molar-refractivity contribution in [2.24, 2.45) is 17.3 Å². The van der Waals surface area contributed by atoms with E-state index in [0.29, 0.717) is 17.5 Å². The molecule has 4 atom stereocenters. The fourth-order valence-electron chi connectivity index (χ4n) is 5.36. The fraction of sp³-hybridized carbons (Fsp3) is 0.360. The number of aromatic nitrogens is 2. The van der Waals surface area contributed by atoms with Gasteiger partial charge in [0.15, 0.2) is 6.04 Å². The summed E-state index contributed by atoms with van der Waals surface area (Å²) in [6.45, 7) is 4.55. The zero-order valence-corrected chi connectivity index (χ0v) is 19.0. The third-order valence-corrected chi connectivity index (χ3v) is 7.31. The number of nitrogens with zero attached hydrogens (tertiary/aromatic N) is 2. The number of aromatic amines is 1. The Bertz CT molecular complexity index is 1290. The van der Waals surface area contributed by atoms with Gasteiger partial charge in [0.1, 0.15) is 17.6 Å². The second-order valence-electron chi connectivity index (χ2n) is 9.49. The maximum atomic E-state index is 14.2. The lowest BCUT2D eigenvalue weighted by atomic mass is 9.99. The van der Waals surface area contributed by atoms with Gasteiger partial charge in [0.05, 0.1) is 12.6 Å². The number of pyridine rings is 1. The molecule has 176 valence electrons. The summed E-state index contributed by atoms with van der Waals surface area (Å²) < 4.78 is 19.1. The molecule has 0 spiro atoms. The van der Waals surface area contributed by atoms with Gasteiger partial charge in [0, 0.05) is 29.9 Å². The molecule has 1 saturated heterocycles. The molecule has 5 rings (SSSR count). The van der Waals surface area contributed by atoms with Crippen molar-refractivity contribution in [3.63, 3.8) is 0 Å². The van der Waals surface area contributed by atoms with Crippen LogP contribution in [-0.4, -0.2) is 52.3 Å². The Kier molecular flexibility index (Phi) is 5.15. The molecule has 0 bridgehead atoms. The van der Waals surface area contributed by atoms with Crippen molar-refractivity contribution >= 4 is 28.7 Å². The van der Waals surface area contributed by atoms with Crippen molar-refractivity contribution in [2.75, 3.05) is 13.7 Å². The lowest BCUT2D eigenvalue weighted by molar-refractivity contribution is -0.146. The highest BCUT2D eigenvalue weighted by atomic mass is 19.1. The van der Waals surface area contributed by atoms with Gasteiger partial charge in [0.25, 0.3) is 5.91 Å². The maximum absolute atomic E-state index is 14.2. The van der Waals surface area contributed by atoms with Gasteiger partial charge in [0.2, 0.25) is 5.91 Å². The average molecular weight is 464 g/mol. The van der Waals surface area contributed by atoms with Crippen LogP contribution in [0.15, 0.2) is 48.8 Å². The van der Waals surface area contributed by atoms with Crippen LogP contribution in [0.3, 0.4) is 0 Å². The number of amides is 2. The van der Waals surface area contributed by atoms with Gasteiger partial charge in [-0.2, -0.15) is 0 Å². The number of benzene rings is 1. The normalized spacial score (nSPS) is 23.3. The molecule has 1 aliphatic heterocycles. The number of hydrogen-bond donors (Lipinski definition) is 2. The van der Waals surface area contributed by atoms with E-state index in [4.69, 9.17) is 4.74 Å². The van der Waals surface area contributed by atoms with E-state index < -0.39 is 29.8 Å². The molecule has 2 aliphatic rings. The van der Waals surface area contributed by atoms with Crippen LogP contribution in [0.25, 0.3) is 10.9 Å². The average Bonchev–Trinajstić information content (AvgIpc) is 3.23.